The fourth-order valence-corrected chi connectivity index (χ4v) is 1.28. The molecule has 0 bridgehead atoms. The molecule has 0 unspecified atom stereocenters. The number of hydrogen-bond acceptors (Lipinski definition) is 3. The molecule has 0 atom stereocenters. The van der Waals surface area contributed by atoms with Crippen molar-refractivity contribution in [1.29, 1.82) is 0 Å². The smallest absolute Gasteiger partial charge is 0.196 e. The predicted octanol–water partition coefficient (Wildman–Crippen LogP) is 2.21. The van der Waals surface area contributed by atoms with Crippen molar-refractivity contribution in [2.24, 2.45) is 0 Å². The Labute approximate surface area is 81.4 Å². The molecule has 14 heavy (non-hydrogen) atoms. The van der Waals surface area contributed by atoms with Crippen molar-refractivity contribution < 1.29 is 9.21 Å². The van der Waals surface area contributed by atoms with E-state index in [0.29, 0.717) is 11.1 Å². The Hall–Kier alpha value is -1.90. The number of carbonyl (C=O) groups excluding carboxylic acids is 1. The molecular weight excluding hydrogens is 178 g/mol. The Morgan fingerprint density at radius 2 is 2.29 bits per heavy atom. The Bertz CT molecular complexity index is 446. The lowest BCUT2D eigenvalue weighted by Crippen LogP contribution is -2.02. The molecule has 2 heterocycles. The van der Waals surface area contributed by atoms with Gasteiger partial charge in [-0.3, -0.25) is 9.78 Å². The molecule has 3 heteroatoms. The van der Waals surface area contributed by atoms with Crippen molar-refractivity contribution in [2.45, 2.75) is 6.92 Å². The maximum atomic E-state index is 11.8. The van der Waals surface area contributed by atoms with E-state index in [-0.39, 0.29) is 5.78 Å². The van der Waals surface area contributed by atoms with Crippen LogP contribution in [0.2, 0.25) is 0 Å². The molecule has 0 amide bonds. The van der Waals surface area contributed by atoms with Crippen LogP contribution in [-0.2, 0) is 0 Å². The fraction of sp³-hybridized carbons (Fsp3) is 0.0909. The first-order valence-electron chi connectivity index (χ1n) is 4.26. The summed E-state index contributed by atoms with van der Waals surface area (Å²) >= 11 is 0. The molecule has 0 aliphatic heterocycles. The molecule has 2 aromatic rings. The summed E-state index contributed by atoms with van der Waals surface area (Å²) in [5.74, 6) is -0.0290. The quantitative estimate of drug-likeness (QED) is 0.677. The zero-order valence-corrected chi connectivity index (χ0v) is 7.73. The molecule has 0 saturated heterocycles. The van der Waals surface area contributed by atoms with Crippen molar-refractivity contribution in [3.8, 4) is 0 Å². The molecule has 0 aromatic carbocycles. The zero-order chi connectivity index (χ0) is 9.97. The van der Waals surface area contributed by atoms with Crippen LogP contribution < -0.4 is 0 Å². The average Bonchev–Trinajstić information content (AvgIpc) is 2.70. The maximum absolute atomic E-state index is 11.8. The minimum Gasteiger partial charge on any atom is -0.472 e. The molecule has 0 aliphatic carbocycles. The number of rotatable bonds is 2. The molecule has 0 spiro atoms. The van der Waals surface area contributed by atoms with E-state index >= 15 is 0 Å². The molecule has 0 fully saturated rings. The van der Waals surface area contributed by atoms with E-state index in [1.54, 1.807) is 24.5 Å². The van der Waals surface area contributed by atoms with Crippen molar-refractivity contribution >= 4 is 5.78 Å². The first kappa shape index (κ1) is 8.69. The van der Waals surface area contributed by atoms with E-state index in [1.165, 1.54) is 12.5 Å². The highest BCUT2D eigenvalue weighted by atomic mass is 16.3. The van der Waals surface area contributed by atoms with Crippen LogP contribution in [0.25, 0.3) is 0 Å². The number of nitrogens with zero attached hydrogens (tertiary/aromatic N) is 1. The number of aryl methyl sites for hydroxylation is 1. The summed E-state index contributed by atoms with van der Waals surface area (Å²) in [7, 11) is 0. The van der Waals surface area contributed by atoms with Gasteiger partial charge < -0.3 is 4.42 Å². The molecule has 0 aliphatic rings. The molecule has 0 N–H and O–H groups in total. The zero-order valence-electron chi connectivity index (χ0n) is 7.73. The first-order chi connectivity index (χ1) is 6.79. The summed E-state index contributed by atoms with van der Waals surface area (Å²) in [6.07, 6.45) is 6.22. The summed E-state index contributed by atoms with van der Waals surface area (Å²) in [5.41, 5.74) is 2.11. The second kappa shape index (κ2) is 3.46. The van der Waals surface area contributed by atoms with Crippen LogP contribution in [-0.4, -0.2) is 10.8 Å². The summed E-state index contributed by atoms with van der Waals surface area (Å²) in [6.45, 7) is 1.86. The van der Waals surface area contributed by atoms with Gasteiger partial charge in [0.25, 0.3) is 0 Å². The normalized spacial score (nSPS) is 10.1. The van der Waals surface area contributed by atoms with E-state index in [2.05, 4.69) is 4.98 Å². The van der Waals surface area contributed by atoms with E-state index in [4.69, 9.17) is 4.42 Å². The third-order valence-corrected chi connectivity index (χ3v) is 2.05. The van der Waals surface area contributed by atoms with Crippen molar-refractivity contribution in [2.75, 3.05) is 0 Å². The summed E-state index contributed by atoms with van der Waals surface area (Å²) in [6, 6.07) is 3.37. The summed E-state index contributed by atoms with van der Waals surface area (Å²) in [4.78, 5) is 15.8. The number of ketones is 1. The molecule has 2 aromatic heterocycles. The highest BCUT2D eigenvalue weighted by Crippen LogP contribution is 2.12. The number of pyridine rings is 1. The first-order valence-corrected chi connectivity index (χ1v) is 4.26. The van der Waals surface area contributed by atoms with Crippen LogP contribution in [0, 0.1) is 6.92 Å². The minimum absolute atomic E-state index is 0.0290. The van der Waals surface area contributed by atoms with Crippen molar-refractivity contribution in [1.82, 2.24) is 4.98 Å². The predicted molar refractivity (Wildman–Crippen MR) is 51.1 cm³/mol. The van der Waals surface area contributed by atoms with Crippen LogP contribution >= 0.6 is 0 Å². The summed E-state index contributed by atoms with van der Waals surface area (Å²) in [5, 5.41) is 0. The van der Waals surface area contributed by atoms with E-state index in [0.717, 1.165) is 5.56 Å². The van der Waals surface area contributed by atoms with Gasteiger partial charge in [-0.05, 0) is 24.6 Å². The van der Waals surface area contributed by atoms with Gasteiger partial charge in [0.1, 0.15) is 6.26 Å². The third kappa shape index (κ3) is 1.44. The van der Waals surface area contributed by atoms with Gasteiger partial charge >= 0.3 is 0 Å². The highest BCUT2D eigenvalue weighted by Gasteiger charge is 2.11. The maximum Gasteiger partial charge on any atom is 0.196 e. The van der Waals surface area contributed by atoms with E-state index in [9.17, 15) is 4.79 Å². The molecule has 0 radical (unpaired) electrons. The van der Waals surface area contributed by atoms with Gasteiger partial charge in [0.2, 0.25) is 0 Å². The topological polar surface area (TPSA) is 43.1 Å². The standard InChI is InChI=1S/C11H9NO2/c1-8-6-12-4-2-10(8)11(13)9-3-5-14-7-9/h2-7H,1H3. The molecule has 3 nitrogen and oxygen atoms in total. The summed E-state index contributed by atoms with van der Waals surface area (Å²) < 4.78 is 4.86. The SMILES string of the molecule is Cc1cnccc1C(=O)c1ccoc1. The largest absolute Gasteiger partial charge is 0.472 e. The number of aromatic nitrogens is 1. The second-order valence-corrected chi connectivity index (χ2v) is 3.03. The van der Waals surface area contributed by atoms with Gasteiger partial charge in [0.15, 0.2) is 5.78 Å². The van der Waals surface area contributed by atoms with E-state index < -0.39 is 0 Å². The van der Waals surface area contributed by atoms with Gasteiger partial charge in [-0.2, -0.15) is 0 Å². The van der Waals surface area contributed by atoms with E-state index in [1.807, 2.05) is 6.92 Å². The molecular formula is C11H9NO2. The van der Waals surface area contributed by atoms with Gasteiger partial charge in [-0.15, -0.1) is 0 Å². The van der Waals surface area contributed by atoms with Crippen LogP contribution in [0.4, 0.5) is 0 Å². The van der Waals surface area contributed by atoms with Crippen LogP contribution in [0.3, 0.4) is 0 Å². The van der Waals surface area contributed by atoms with Crippen LogP contribution in [0.15, 0.2) is 41.5 Å². The molecule has 2 rings (SSSR count). The highest BCUT2D eigenvalue weighted by molar-refractivity contribution is 6.09. The Kier molecular flexibility index (Phi) is 2.14. The molecule has 0 saturated carbocycles. The molecule has 70 valence electrons. The lowest BCUT2D eigenvalue weighted by molar-refractivity contribution is 0.103. The average molecular weight is 187 g/mol. The number of furan rings is 1. The fourth-order valence-electron chi connectivity index (χ4n) is 1.28. The Morgan fingerprint density at radius 3 is 2.93 bits per heavy atom. The van der Waals surface area contributed by atoms with Crippen molar-refractivity contribution in [3.63, 3.8) is 0 Å². The lowest BCUT2D eigenvalue weighted by Gasteiger charge is -2.00. The van der Waals surface area contributed by atoms with Gasteiger partial charge in [0.05, 0.1) is 11.8 Å². The third-order valence-electron chi connectivity index (χ3n) is 2.05. The van der Waals surface area contributed by atoms with Crippen LogP contribution in [0.1, 0.15) is 21.5 Å². The van der Waals surface area contributed by atoms with Gasteiger partial charge in [-0.25, -0.2) is 0 Å². The van der Waals surface area contributed by atoms with Crippen molar-refractivity contribution in [3.05, 3.63) is 53.7 Å². The Morgan fingerprint density at radius 1 is 1.43 bits per heavy atom. The lowest BCUT2D eigenvalue weighted by atomic mass is 10.0. The Balaban J connectivity index is 2.42. The van der Waals surface area contributed by atoms with Gasteiger partial charge in [0, 0.05) is 18.0 Å². The monoisotopic (exact) mass is 187 g/mol. The van der Waals surface area contributed by atoms with Crippen LogP contribution in [0.5, 0.6) is 0 Å². The minimum atomic E-state index is -0.0290. The number of hydrogen-bond donors (Lipinski definition) is 0. The second-order valence-electron chi connectivity index (χ2n) is 3.03. The number of carbonyl (C=O) groups is 1. The van der Waals surface area contributed by atoms with Gasteiger partial charge in [-0.1, -0.05) is 0 Å².